The van der Waals surface area contributed by atoms with E-state index in [0.717, 1.165) is 37.2 Å². The van der Waals surface area contributed by atoms with Gasteiger partial charge in [0.05, 0.1) is 0 Å². The Morgan fingerprint density at radius 3 is 2.75 bits per heavy atom. The Kier molecular flexibility index (Phi) is 4.74. The third-order valence-electron chi connectivity index (χ3n) is 4.61. The van der Waals surface area contributed by atoms with E-state index >= 15 is 0 Å². The van der Waals surface area contributed by atoms with Crippen LogP contribution in [0.15, 0.2) is 24.3 Å². The minimum absolute atomic E-state index is 0.000460. The molecule has 0 saturated heterocycles. The number of carbonyl (C=O) groups excluding carboxylic acids is 1. The number of nitrogens with zero attached hydrogens (tertiary/aromatic N) is 2. The van der Waals surface area contributed by atoms with Crippen molar-refractivity contribution in [3.8, 4) is 0 Å². The summed E-state index contributed by atoms with van der Waals surface area (Å²) in [6.07, 6.45) is 2.96. The molecule has 0 atom stereocenters. The molecule has 1 amide bonds. The van der Waals surface area contributed by atoms with Gasteiger partial charge >= 0.3 is 0 Å². The van der Waals surface area contributed by atoms with Gasteiger partial charge in [-0.05, 0) is 54.4 Å². The van der Waals surface area contributed by atoms with E-state index in [9.17, 15) is 4.79 Å². The third-order valence-corrected chi connectivity index (χ3v) is 4.61. The van der Waals surface area contributed by atoms with Gasteiger partial charge in [0.25, 0.3) is 5.91 Å². The Morgan fingerprint density at radius 1 is 1.25 bits per heavy atom. The molecule has 0 bridgehead atoms. The van der Waals surface area contributed by atoms with Crippen molar-refractivity contribution in [3.63, 3.8) is 0 Å². The maximum Gasteiger partial charge on any atom is 0.278 e. The second-order valence-corrected chi connectivity index (χ2v) is 7.48. The zero-order valence-electron chi connectivity index (χ0n) is 15.1. The van der Waals surface area contributed by atoms with Gasteiger partial charge in [-0.25, -0.2) is 0 Å². The van der Waals surface area contributed by atoms with Gasteiger partial charge in [0.15, 0.2) is 5.69 Å². The van der Waals surface area contributed by atoms with Crippen LogP contribution in [0.1, 0.15) is 67.3 Å². The number of rotatable bonds is 4. The van der Waals surface area contributed by atoms with Crippen LogP contribution >= 0.6 is 0 Å². The molecular weight excluding hydrogens is 298 g/mol. The van der Waals surface area contributed by atoms with E-state index in [1.807, 2.05) is 11.0 Å². The molecule has 0 aliphatic carbocycles. The van der Waals surface area contributed by atoms with E-state index in [4.69, 9.17) is 0 Å². The lowest BCUT2D eigenvalue weighted by molar-refractivity contribution is 0.0980. The fraction of sp³-hybridized carbons (Fsp3) is 0.500. The number of benzene rings is 1. The van der Waals surface area contributed by atoms with Gasteiger partial charge in [-0.3, -0.25) is 9.89 Å². The van der Waals surface area contributed by atoms with Crippen molar-refractivity contribution in [1.29, 1.82) is 0 Å². The number of aromatic nitrogens is 2. The van der Waals surface area contributed by atoms with Crippen LogP contribution in [0.25, 0.3) is 0 Å². The average molecular weight is 325 g/mol. The second-order valence-electron chi connectivity index (χ2n) is 7.48. The van der Waals surface area contributed by atoms with E-state index in [0.29, 0.717) is 17.5 Å². The van der Waals surface area contributed by atoms with Crippen LogP contribution in [-0.2, 0) is 12.8 Å². The topological polar surface area (TPSA) is 49.0 Å². The molecule has 1 aliphatic heterocycles. The first-order chi connectivity index (χ1) is 11.5. The van der Waals surface area contributed by atoms with Gasteiger partial charge in [0.2, 0.25) is 0 Å². The predicted octanol–water partition coefficient (Wildman–Crippen LogP) is 4.32. The van der Waals surface area contributed by atoms with Crippen LogP contribution in [0.4, 0.5) is 5.69 Å². The Morgan fingerprint density at radius 2 is 2.04 bits per heavy atom. The number of H-pyrrole nitrogens is 1. The van der Waals surface area contributed by atoms with E-state index in [1.165, 1.54) is 11.1 Å². The van der Waals surface area contributed by atoms with E-state index in [2.05, 4.69) is 56.1 Å². The normalized spacial score (nSPS) is 14.3. The third kappa shape index (κ3) is 3.37. The Labute approximate surface area is 144 Å². The highest BCUT2D eigenvalue weighted by atomic mass is 16.2. The number of nitrogens with one attached hydrogen (secondary N) is 1. The Bertz CT molecular complexity index is 730. The van der Waals surface area contributed by atoms with Gasteiger partial charge in [0.1, 0.15) is 0 Å². The number of carbonyl (C=O) groups is 1. The molecule has 3 rings (SSSR count). The molecule has 0 unspecified atom stereocenters. The van der Waals surface area contributed by atoms with Crippen molar-refractivity contribution in [2.24, 2.45) is 5.92 Å². The highest BCUT2D eigenvalue weighted by Gasteiger charge is 2.25. The van der Waals surface area contributed by atoms with Crippen molar-refractivity contribution in [1.82, 2.24) is 10.2 Å². The minimum Gasteiger partial charge on any atom is -0.307 e. The number of aryl methyl sites for hydroxylation is 1. The van der Waals surface area contributed by atoms with Crippen LogP contribution in [0, 0.1) is 5.92 Å². The van der Waals surface area contributed by atoms with Gasteiger partial charge < -0.3 is 4.90 Å². The van der Waals surface area contributed by atoms with Crippen molar-refractivity contribution >= 4 is 11.6 Å². The van der Waals surface area contributed by atoms with Crippen LogP contribution in [0.5, 0.6) is 0 Å². The molecule has 2 heterocycles. The standard InChI is InChI=1S/C20H27N3O/c1-13(2)10-17-12-18(22-21-17)20(24)23-9-5-6-16-11-15(14(3)4)7-8-19(16)23/h7-8,11-14H,5-6,9-10H2,1-4H3,(H,21,22). The summed E-state index contributed by atoms with van der Waals surface area (Å²) in [7, 11) is 0. The summed E-state index contributed by atoms with van der Waals surface area (Å²) in [5.41, 5.74) is 5.21. The molecule has 1 N–H and O–H groups in total. The monoisotopic (exact) mass is 325 g/mol. The van der Waals surface area contributed by atoms with Gasteiger partial charge in [-0.1, -0.05) is 39.8 Å². The first-order valence-electron chi connectivity index (χ1n) is 8.94. The lowest BCUT2D eigenvalue weighted by Crippen LogP contribution is -2.35. The molecule has 0 fully saturated rings. The zero-order valence-corrected chi connectivity index (χ0v) is 15.1. The lowest BCUT2D eigenvalue weighted by Gasteiger charge is -2.29. The highest BCUT2D eigenvalue weighted by Crippen LogP contribution is 2.31. The molecule has 0 saturated carbocycles. The van der Waals surface area contributed by atoms with Crippen LogP contribution in [-0.4, -0.2) is 22.6 Å². The lowest BCUT2D eigenvalue weighted by atomic mass is 9.94. The molecule has 1 aliphatic rings. The highest BCUT2D eigenvalue weighted by molar-refractivity contribution is 6.05. The second kappa shape index (κ2) is 6.80. The summed E-state index contributed by atoms with van der Waals surface area (Å²) in [6, 6.07) is 8.40. The van der Waals surface area contributed by atoms with Crippen molar-refractivity contribution in [3.05, 3.63) is 46.8 Å². The van der Waals surface area contributed by atoms with Crippen molar-refractivity contribution < 1.29 is 4.79 Å². The molecule has 0 radical (unpaired) electrons. The SMILES string of the molecule is CC(C)Cc1cc(C(=O)N2CCCc3cc(C(C)C)ccc32)n[nH]1. The quantitative estimate of drug-likeness (QED) is 0.910. The number of anilines is 1. The van der Waals surface area contributed by atoms with E-state index in [-0.39, 0.29) is 5.91 Å². The summed E-state index contributed by atoms with van der Waals surface area (Å²) in [5, 5.41) is 7.25. The molecule has 4 nitrogen and oxygen atoms in total. The average Bonchev–Trinajstić information content (AvgIpc) is 3.00. The maximum atomic E-state index is 12.9. The largest absolute Gasteiger partial charge is 0.307 e. The maximum absolute atomic E-state index is 12.9. The fourth-order valence-corrected chi connectivity index (χ4v) is 3.34. The molecule has 4 heteroatoms. The van der Waals surface area contributed by atoms with Crippen molar-refractivity contribution in [2.45, 2.75) is 52.9 Å². The first kappa shape index (κ1) is 16.7. The molecule has 24 heavy (non-hydrogen) atoms. The molecule has 128 valence electrons. The number of fused-ring (bicyclic) bond motifs is 1. The Hall–Kier alpha value is -2.10. The zero-order chi connectivity index (χ0) is 17.3. The number of amides is 1. The summed E-state index contributed by atoms with van der Waals surface area (Å²) >= 11 is 0. The molecule has 2 aromatic rings. The Balaban J connectivity index is 1.86. The molecular formula is C20H27N3O. The summed E-state index contributed by atoms with van der Waals surface area (Å²) in [5.74, 6) is 1.05. The summed E-state index contributed by atoms with van der Waals surface area (Å²) < 4.78 is 0. The van der Waals surface area contributed by atoms with E-state index in [1.54, 1.807) is 0 Å². The van der Waals surface area contributed by atoms with Gasteiger partial charge in [-0.2, -0.15) is 5.10 Å². The van der Waals surface area contributed by atoms with Crippen LogP contribution in [0.2, 0.25) is 0 Å². The summed E-state index contributed by atoms with van der Waals surface area (Å²) in [4.78, 5) is 14.8. The fourth-order valence-electron chi connectivity index (χ4n) is 3.34. The molecule has 0 spiro atoms. The molecule has 1 aromatic carbocycles. The van der Waals surface area contributed by atoms with Gasteiger partial charge in [-0.15, -0.1) is 0 Å². The number of hydrogen-bond donors (Lipinski definition) is 1. The number of aromatic amines is 1. The molecule has 1 aromatic heterocycles. The van der Waals surface area contributed by atoms with Gasteiger partial charge in [0, 0.05) is 17.9 Å². The first-order valence-corrected chi connectivity index (χ1v) is 8.94. The van der Waals surface area contributed by atoms with Crippen LogP contribution in [0.3, 0.4) is 0 Å². The predicted molar refractivity (Wildman–Crippen MR) is 97.7 cm³/mol. The van der Waals surface area contributed by atoms with E-state index < -0.39 is 0 Å². The summed E-state index contributed by atoms with van der Waals surface area (Å²) in [6.45, 7) is 9.49. The number of hydrogen-bond acceptors (Lipinski definition) is 2. The van der Waals surface area contributed by atoms with Crippen molar-refractivity contribution in [2.75, 3.05) is 11.4 Å². The minimum atomic E-state index is -0.000460. The smallest absolute Gasteiger partial charge is 0.278 e. The van der Waals surface area contributed by atoms with Crippen LogP contribution < -0.4 is 4.90 Å².